The van der Waals surface area contributed by atoms with Crippen molar-refractivity contribution in [2.24, 2.45) is 0 Å². The van der Waals surface area contributed by atoms with Crippen LogP contribution in [-0.2, 0) is 22.6 Å². The SMILES string of the molecule is CC(C)Nc1ncc(-c2cc(O)cc(NC(=O)OC(C)(C)C)c2)n(CC(=O)NCc2ccc(N(C=N)C(=O)O)cc2)c1=O. The quantitative estimate of drug-likeness (QED) is 0.147. The number of anilines is 3. The number of carboxylic acid groups (broad SMARTS) is 1. The number of hydrogen-bond donors (Lipinski definition) is 6. The zero-order chi connectivity index (χ0) is 31.9. The molecule has 0 unspecified atom stereocenters. The van der Waals surface area contributed by atoms with Crippen LogP contribution in [0, 0.1) is 5.41 Å². The van der Waals surface area contributed by atoms with Crippen LogP contribution in [0.5, 0.6) is 5.75 Å². The van der Waals surface area contributed by atoms with E-state index >= 15 is 0 Å². The van der Waals surface area contributed by atoms with Gasteiger partial charge in [-0.2, -0.15) is 0 Å². The number of nitrogens with zero attached hydrogens (tertiary/aromatic N) is 3. The molecule has 0 spiro atoms. The Labute approximate surface area is 247 Å². The maximum Gasteiger partial charge on any atom is 0.417 e. The molecule has 6 N–H and O–H groups in total. The fourth-order valence-corrected chi connectivity index (χ4v) is 3.92. The lowest BCUT2D eigenvalue weighted by molar-refractivity contribution is -0.121. The molecule has 0 radical (unpaired) electrons. The highest BCUT2D eigenvalue weighted by molar-refractivity contribution is 6.03. The fraction of sp³-hybridized carbons (Fsp3) is 0.310. The summed E-state index contributed by atoms with van der Waals surface area (Å²) >= 11 is 0. The van der Waals surface area contributed by atoms with Crippen LogP contribution in [-0.4, -0.2) is 55.8 Å². The molecule has 3 aromatic rings. The third-order valence-electron chi connectivity index (χ3n) is 5.68. The highest BCUT2D eigenvalue weighted by Crippen LogP contribution is 2.28. The van der Waals surface area contributed by atoms with Crippen LogP contribution < -0.4 is 26.4 Å². The molecule has 2 aromatic carbocycles. The van der Waals surface area contributed by atoms with Gasteiger partial charge in [0.25, 0.3) is 5.56 Å². The van der Waals surface area contributed by atoms with Crippen LogP contribution in [0.3, 0.4) is 0 Å². The van der Waals surface area contributed by atoms with Gasteiger partial charge in [0.15, 0.2) is 5.82 Å². The molecule has 0 bridgehead atoms. The molecule has 1 aromatic heterocycles. The van der Waals surface area contributed by atoms with E-state index in [1.807, 2.05) is 13.8 Å². The zero-order valence-corrected chi connectivity index (χ0v) is 24.5. The number of phenolic OH excluding ortho intramolecular Hbond substituents is 1. The van der Waals surface area contributed by atoms with E-state index in [4.69, 9.17) is 15.3 Å². The number of aromatic hydroxyl groups is 1. The summed E-state index contributed by atoms with van der Waals surface area (Å²) in [6, 6.07) is 10.3. The average molecular weight is 594 g/mol. The largest absolute Gasteiger partial charge is 0.508 e. The summed E-state index contributed by atoms with van der Waals surface area (Å²) < 4.78 is 6.48. The predicted molar refractivity (Wildman–Crippen MR) is 162 cm³/mol. The van der Waals surface area contributed by atoms with Crippen molar-refractivity contribution >= 4 is 41.6 Å². The summed E-state index contributed by atoms with van der Waals surface area (Å²) in [7, 11) is 0. The first kappa shape index (κ1) is 32.1. The number of carbonyl (C=O) groups excluding carboxylic acids is 2. The number of aromatic nitrogens is 2. The number of nitrogens with one attached hydrogen (secondary N) is 4. The number of amides is 3. The molecule has 14 nitrogen and oxygen atoms in total. The second-order valence-corrected chi connectivity index (χ2v) is 10.8. The Morgan fingerprint density at radius 2 is 1.81 bits per heavy atom. The van der Waals surface area contributed by atoms with Crippen LogP contribution in [0.2, 0.25) is 0 Å². The molecule has 1 heterocycles. The van der Waals surface area contributed by atoms with Crippen molar-refractivity contribution in [2.45, 2.75) is 59.4 Å². The van der Waals surface area contributed by atoms with Gasteiger partial charge in [0, 0.05) is 29.9 Å². The molecule has 3 rings (SSSR count). The van der Waals surface area contributed by atoms with Gasteiger partial charge in [-0.05, 0) is 64.4 Å². The van der Waals surface area contributed by atoms with Crippen molar-refractivity contribution in [3.63, 3.8) is 0 Å². The minimum atomic E-state index is -1.31. The summed E-state index contributed by atoms with van der Waals surface area (Å²) in [5, 5.41) is 35.0. The Morgan fingerprint density at radius 3 is 2.40 bits per heavy atom. The fourth-order valence-electron chi connectivity index (χ4n) is 3.92. The minimum Gasteiger partial charge on any atom is -0.508 e. The normalized spacial score (nSPS) is 11.0. The second-order valence-electron chi connectivity index (χ2n) is 10.8. The maximum absolute atomic E-state index is 13.4. The average Bonchev–Trinajstić information content (AvgIpc) is 2.89. The first-order valence-electron chi connectivity index (χ1n) is 13.3. The Kier molecular flexibility index (Phi) is 10.1. The van der Waals surface area contributed by atoms with Crippen molar-refractivity contribution in [1.82, 2.24) is 14.9 Å². The van der Waals surface area contributed by atoms with Crippen molar-refractivity contribution in [3.05, 3.63) is 64.6 Å². The predicted octanol–water partition coefficient (Wildman–Crippen LogP) is 4.19. The number of rotatable bonds is 10. The van der Waals surface area contributed by atoms with Crippen molar-refractivity contribution in [3.8, 4) is 17.0 Å². The highest BCUT2D eigenvalue weighted by Gasteiger charge is 2.19. The number of benzene rings is 2. The molecule has 0 aliphatic carbocycles. The summed E-state index contributed by atoms with van der Waals surface area (Å²) in [5.41, 5.74) is 0.320. The standard InChI is InChI=1S/C29H35N7O7/c1-17(2)33-25-26(39)35(15-24(38)31-13-18-6-8-21(9-7-18)36(16-30)28(41)42)23(14-32-25)19-10-20(12-22(37)11-19)34-27(40)43-29(3,4)5/h6-12,14,16-17,30,37H,13,15H2,1-5H3,(H,31,38)(H,32,33)(H,34,40)(H,41,42). The minimum absolute atomic E-state index is 0.0311. The molecule has 228 valence electrons. The summed E-state index contributed by atoms with van der Waals surface area (Å²) in [4.78, 5) is 55.0. The lowest BCUT2D eigenvalue weighted by Crippen LogP contribution is -2.35. The molecule has 14 heteroatoms. The number of phenols is 1. The summed E-state index contributed by atoms with van der Waals surface area (Å²) in [6.45, 7) is 8.48. The van der Waals surface area contributed by atoms with Gasteiger partial charge in [-0.3, -0.25) is 24.9 Å². The molecular weight excluding hydrogens is 558 g/mol. The van der Waals surface area contributed by atoms with Gasteiger partial charge in [0.05, 0.1) is 23.9 Å². The van der Waals surface area contributed by atoms with Gasteiger partial charge in [0.2, 0.25) is 5.91 Å². The topological polar surface area (TPSA) is 199 Å². The van der Waals surface area contributed by atoms with E-state index in [2.05, 4.69) is 20.9 Å². The van der Waals surface area contributed by atoms with Gasteiger partial charge in [-0.15, -0.1) is 0 Å². The third kappa shape index (κ3) is 9.05. The molecule has 43 heavy (non-hydrogen) atoms. The molecule has 0 fully saturated rings. The van der Waals surface area contributed by atoms with Crippen LogP contribution in [0.15, 0.2) is 53.5 Å². The van der Waals surface area contributed by atoms with Crippen LogP contribution >= 0.6 is 0 Å². The number of ether oxygens (including phenoxy) is 1. The molecule has 3 amide bonds. The van der Waals surface area contributed by atoms with E-state index in [0.29, 0.717) is 17.5 Å². The van der Waals surface area contributed by atoms with Crippen LogP contribution in [0.1, 0.15) is 40.2 Å². The van der Waals surface area contributed by atoms with E-state index in [9.17, 15) is 24.3 Å². The Bertz CT molecular complexity index is 1560. The van der Waals surface area contributed by atoms with Crippen LogP contribution in [0.4, 0.5) is 26.8 Å². The lowest BCUT2D eigenvalue weighted by Gasteiger charge is -2.20. The Balaban J connectivity index is 1.88. The summed E-state index contributed by atoms with van der Waals surface area (Å²) in [5.74, 6) is -0.680. The maximum atomic E-state index is 13.4. The third-order valence-corrected chi connectivity index (χ3v) is 5.68. The molecule has 0 aliphatic rings. The Morgan fingerprint density at radius 1 is 1.14 bits per heavy atom. The van der Waals surface area contributed by atoms with Gasteiger partial charge in [-0.25, -0.2) is 19.5 Å². The van der Waals surface area contributed by atoms with E-state index in [0.717, 1.165) is 4.90 Å². The monoisotopic (exact) mass is 593 g/mol. The van der Waals surface area contributed by atoms with Gasteiger partial charge in [0.1, 0.15) is 17.9 Å². The van der Waals surface area contributed by atoms with Crippen molar-refractivity contribution in [2.75, 3.05) is 15.5 Å². The van der Waals surface area contributed by atoms with Gasteiger partial charge < -0.3 is 25.6 Å². The van der Waals surface area contributed by atoms with Gasteiger partial charge in [-0.1, -0.05) is 12.1 Å². The van der Waals surface area contributed by atoms with E-state index in [1.54, 1.807) is 32.9 Å². The first-order valence-corrected chi connectivity index (χ1v) is 13.3. The van der Waals surface area contributed by atoms with E-state index in [-0.39, 0.29) is 41.2 Å². The smallest absolute Gasteiger partial charge is 0.417 e. The van der Waals surface area contributed by atoms with Gasteiger partial charge >= 0.3 is 12.2 Å². The molecule has 0 atom stereocenters. The number of hydrogen-bond acceptors (Lipinski definition) is 9. The van der Waals surface area contributed by atoms with E-state index < -0.39 is 35.8 Å². The molecule has 0 saturated carbocycles. The highest BCUT2D eigenvalue weighted by atomic mass is 16.6. The van der Waals surface area contributed by atoms with Crippen molar-refractivity contribution < 1.29 is 29.3 Å². The molecule has 0 aliphatic heterocycles. The van der Waals surface area contributed by atoms with Crippen LogP contribution in [0.25, 0.3) is 11.3 Å². The Hall–Kier alpha value is -5.40. The zero-order valence-electron chi connectivity index (χ0n) is 24.5. The number of carbonyl (C=O) groups is 3. The first-order chi connectivity index (χ1) is 20.2. The lowest BCUT2D eigenvalue weighted by atomic mass is 10.1. The van der Waals surface area contributed by atoms with Crippen molar-refractivity contribution in [1.29, 1.82) is 5.41 Å². The molecule has 0 saturated heterocycles. The van der Waals surface area contributed by atoms with E-state index in [1.165, 1.54) is 41.1 Å². The summed E-state index contributed by atoms with van der Waals surface area (Å²) in [6.07, 6.45) is 0.0217. The second kappa shape index (κ2) is 13.5. The molecular formula is C29H35N7O7.